The Morgan fingerprint density at radius 1 is 0.939 bits per heavy atom. The highest BCUT2D eigenvalue weighted by Gasteiger charge is 2.35. The van der Waals surface area contributed by atoms with E-state index < -0.39 is 0 Å². The van der Waals surface area contributed by atoms with E-state index in [1.165, 1.54) is 0 Å². The molecule has 2 aromatic heterocycles. The number of rotatable bonds is 5. The van der Waals surface area contributed by atoms with Gasteiger partial charge < -0.3 is 14.2 Å². The second-order valence-corrected chi connectivity index (χ2v) is 8.63. The molecule has 2 amide bonds. The Bertz CT molecular complexity index is 1280. The van der Waals surface area contributed by atoms with E-state index in [0.29, 0.717) is 25.2 Å². The SMILES string of the molecule is Cc1ccc2nc(C(=O)N3CC(=O)N(Cc4ccccc4)[C@@H](Cc4ccccc4)C3)cn2c1. The van der Waals surface area contributed by atoms with Crippen LogP contribution in [0.2, 0.25) is 0 Å². The van der Waals surface area contributed by atoms with Crippen LogP contribution in [0.1, 0.15) is 27.2 Å². The van der Waals surface area contributed by atoms with Crippen LogP contribution in [0.25, 0.3) is 5.65 Å². The number of benzene rings is 2. The predicted octanol–water partition coefficient (Wildman–Crippen LogP) is 3.74. The van der Waals surface area contributed by atoms with Crippen LogP contribution in [0.3, 0.4) is 0 Å². The first-order valence-corrected chi connectivity index (χ1v) is 11.2. The third-order valence-corrected chi connectivity index (χ3v) is 6.13. The third kappa shape index (κ3) is 4.51. The summed E-state index contributed by atoms with van der Waals surface area (Å²) in [6.07, 6.45) is 4.38. The Morgan fingerprint density at radius 3 is 2.36 bits per heavy atom. The minimum Gasteiger partial charge on any atom is -0.332 e. The molecule has 0 radical (unpaired) electrons. The van der Waals surface area contributed by atoms with Crippen LogP contribution >= 0.6 is 0 Å². The van der Waals surface area contributed by atoms with Gasteiger partial charge >= 0.3 is 0 Å². The number of carbonyl (C=O) groups excluding carboxylic acids is 2. The number of fused-ring (bicyclic) bond motifs is 1. The van der Waals surface area contributed by atoms with Crippen LogP contribution in [0.4, 0.5) is 0 Å². The smallest absolute Gasteiger partial charge is 0.274 e. The lowest BCUT2D eigenvalue weighted by Gasteiger charge is -2.41. The molecule has 33 heavy (non-hydrogen) atoms. The van der Waals surface area contributed by atoms with Gasteiger partial charge in [-0.3, -0.25) is 9.59 Å². The summed E-state index contributed by atoms with van der Waals surface area (Å²) in [5.74, 6) is -0.249. The number of aryl methyl sites for hydroxylation is 1. The lowest BCUT2D eigenvalue weighted by Crippen LogP contribution is -2.58. The fourth-order valence-corrected chi connectivity index (χ4v) is 4.46. The molecule has 4 aromatic rings. The first-order valence-electron chi connectivity index (χ1n) is 11.2. The molecule has 1 aliphatic rings. The summed E-state index contributed by atoms with van der Waals surface area (Å²) in [7, 11) is 0. The van der Waals surface area contributed by atoms with Crippen molar-refractivity contribution in [3.8, 4) is 0 Å². The van der Waals surface area contributed by atoms with Crippen molar-refractivity contribution in [3.63, 3.8) is 0 Å². The number of amides is 2. The van der Waals surface area contributed by atoms with Crippen molar-refractivity contribution in [1.82, 2.24) is 19.2 Å². The first kappa shape index (κ1) is 20.9. The molecule has 1 atom stereocenters. The van der Waals surface area contributed by atoms with Gasteiger partial charge in [0.2, 0.25) is 5.91 Å². The molecule has 166 valence electrons. The molecule has 1 aliphatic heterocycles. The summed E-state index contributed by atoms with van der Waals surface area (Å²) in [6.45, 7) is 3.07. The maximum Gasteiger partial charge on any atom is 0.274 e. The van der Waals surface area contributed by atoms with Gasteiger partial charge in [0.15, 0.2) is 0 Å². The first-order chi connectivity index (χ1) is 16.1. The fourth-order valence-electron chi connectivity index (χ4n) is 4.46. The maximum absolute atomic E-state index is 13.3. The molecule has 0 unspecified atom stereocenters. The Hall–Kier alpha value is -3.93. The van der Waals surface area contributed by atoms with Gasteiger partial charge in [0.1, 0.15) is 17.9 Å². The highest BCUT2D eigenvalue weighted by atomic mass is 16.2. The van der Waals surface area contributed by atoms with E-state index in [1.807, 2.05) is 83.1 Å². The van der Waals surface area contributed by atoms with E-state index in [0.717, 1.165) is 22.3 Å². The molecule has 1 fully saturated rings. The summed E-state index contributed by atoms with van der Waals surface area (Å²) >= 11 is 0. The predicted molar refractivity (Wildman–Crippen MR) is 127 cm³/mol. The molecule has 0 saturated carbocycles. The van der Waals surface area contributed by atoms with Crippen molar-refractivity contribution in [2.45, 2.75) is 25.9 Å². The fraction of sp³-hybridized carbons (Fsp3) is 0.222. The highest BCUT2D eigenvalue weighted by Crippen LogP contribution is 2.21. The summed E-state index contributed by atoms with van der Waals surface area (Å²) in [5, 5.41) is 0. The maximum atomic E-state index is 13.3. The highest BCUT2D eigenvalue weighted by molar-refractivity contribution is 5.96. The molecular formula is C27H26N4O2. The van der Waals surface area contributed by atoms with E-state index >= 15 is 0 Å². The van der Waals surface area contributed by atoms with E-state index in [9.17, 15) is 9.59 Å². The summed E-state index contributed by atoms with van der Waals surface area (Å²) in [6, 6.07) is 23.9. The topological polar surface area (TPSA) is 57.9 Å². The van der Waals surface area contributed by atoms with E-state index in [-0.39, 0.29) is 24.4 Å². The molecule has 0 N–H and O–H groups in total. The van der Waals surface area contributed by atoms with Crippen LogP contribution in [-0.2, 0) is 17.8 Å². The normalized spacial score (nSPS) is 16.4. The van der Waals surface area contributed by atoms with Crippen molar-refractivity contribution in [1.29, 1.82) is 0 Å². The van der Waals surface area contributed by atoms with Crippen LogP contribution in [0.5, 0.6) is 0 Å². The van der Waals surface area contributed by atoms with Crippen LogP contribution in [0, 0.1) is 6.92 Å². The zero-order chi connectivity index (χ0) is 22.8. The standard InChI is InChI=1S/C27H26N4O2/c1-20-12-13-25-28-24(18-29(25)15-20)27(33)30-17-23(14-21-8-4-2-5-9-21)31(26(32)19-30)16-22-10-6-3-7-11-22/h2-13,15,18,23H,14,16-17,19H2,1H3/t23-/m0/s1. The van der Waals surface area contributed by atoms with Gasteiger partial charge in [-0.15, -0.1) is 0 Å². The number of imidazole rings is 1. The molecule has 6 heteroatoms. The van der Waals surface area contributed by atoms with Gasteiger partial charge in [-0.25, -0.2) is 4.98 Å². The van der Waals surface area contributed by atoms with Crippen molar-refractivity contribution < 1.29 is 9.59 Å². The Balaban J connectivity index is 1.41. The minimum absolute atomic E-state index is 0.0426. The van der Waals surface area contributed by atoms with Gasteiger partial charge in [-0.05, 0) is 36.1 Å². The van der Waals surface area contributed by atoms with Crippen molar-refractivity contribution >= 4 is 17.5 Å². The number of nitrogens with zero attached hydrogens (tertiary/aromatic N) is 4. The van der Waals surface area contributed by atoms with Crippen molar-refractivity contribution in [2.75, 3.05) is 13.1 Å². The van der Waals surface area contributed by atoms with Crippen LogP contribution in [-0.4, -0.2) is 50.1 Å². The Kier molecular flexibility index (Phi) is 5.65. The molecule has 5 rings (SSSR count). The Labute approximate surface area is 193 Å². The lowest BCUT2D eigenvalue weighted by atomic mass is 10.0. The van der Waals surface area contributed by atoms with Gasteiger partial charge in [0.05, 0.1) is 6.04 Å². The zero-order valence-electron chi connectivity index (χ0n) is 18.6. The number of carbonyl (C=O) groups is 2. The third-order valence-electron chi connectivity index (χ3n) is 6.13. The zero-order valence-corrected chi connectivity index (χ0v) is 18.6. The summed E-state index contributed by atoms with van der Waals surface area (Å²) in [4.78, 5) is 34.7. The molecule has 2 aromatic carbocycles. The van der Waals surface area contributed by atoms with E-state index in [4.69, 9.17) is 0 Å². The minimum atomic E-state index is -0.206. The summed E-state index contributed by atoms with van der Waals surface area (Å²) in [5.41, 5.74) is 4.40. The largest absolute Gasteiger partial charge is 0.332 e. The molecule has 1 saturated heterocycles. The van der Waals surface area contributed by atoms with Gasteiger partial charge in [0, 0.05) is 25.5 Å². The number of hydrogen-bond acceptors (Lipinski definition) is 3. The molecule has 6 nitrogen and oxygen atoms in total. The molecule has 0 spiro atoms. The average Bonchev–Trinajstić information content (AvgIpc) is 3.25. The number of aromatic nitrogens is 2. The second-order valence-electron chi connectivity index (χ2n) is 8.63. The molecule has 0 aliphatic carbocycles. The van der Waals surface area contributed by atoms with Crippen LogP contribution in [0.15, 0.2) is 85.2 Å². The molecule has 0 bridgehead atoms. The number of hydrogen-bond donors (Lipinski definition) is 0. The monoisotopic (exact) mass is 438 g/mol. The second kappa shape index (κ2) is 8.90. The average molecular weight is 439 g/mol. The van der Waals surface area contributed by atoms with E-state index in [2.05, 4.69) is 17.1 Å². The van der Waals surface area contributed by atoms with Crippen LogP contribution < -0.4 is 0 Å². The number of piperazine rings is 1. The van der Waals surface area contributed by atoms with Gasteiger partial charge in [0.25, 0.3) is 5.91 Å². The quantitative estimate of drug-likeness (QED) is 0.477. The molecular weight excluding hydrogens is 412 g/mol. The van der Waals surface area contributed by atoms with Gasteiger partial charge in [-0.2, -0.15) is 0 Å². The van der Waals surface area contributed by atoms with Crippen molar-refractivity contribution in [3.05, 3.63) is 108 Å². The summed E-state index contributed by atoms with van der Waals surface area (Å²) < 4.78 is 1.86. The van der Waals surface area contributed by atoms with Crippen molar-refractivity contribution in [2.24, 2.45) is 0 Å². The van der Waals surface area contributed by atoms with Gasteiger partial charge in [-0.1, -0.05) is 66.7 Å². The lowest BCUT2D eigenvalue weighted by molar-refractivity contribution is -0.139. The molecule has 3 heterocycles. The Morgan fingerprint density at radius 2 is 1.64 bits per heavy atom. The van der Waals surface area contributed by atoms with E-state index in [1.54, 1.807) is 11.1 Å². The number of pyridine rings is 1.